The zero-order chi connectivity index (χ0) is 29.7. The van der Waals surface area contributed by atoms with E-state index in [0.29, 0.717) is 0 Å². The van der Waals surface area contributed by atoms with Crippen molar-refractivity contribution in [1.82, 2.24) is 0 Å². The molecule has 8 aromatic rings. The number of furan rings is 2. The Hall–Kier alpha value is -5.80. The number of fused-ring (bicyclic) bond motifs is 6. The zero-order valence-electron chi connectivity index (χ0n) is 24.6. The minimum Gasteiger partial charge on any atom is -0.456 e. The summed E-state index contributed by atoms with van der Waals surface area (Å²) in [5.41, 5.74) is 13.0. The van der Waals surface area contributed by atoms with Crippen LogP contribution in [0.5, 0.6) is 0 Å². The third-order valence-corrected chi connectivity index (χ3v) is 8.94. The fourth-order valence-electron chi connectivity index (χ4n) is 6.87. The predicted octanol–water partition coefficient (Wildman–Crippen LogP) is 10.1. The molecule has 0 atom stereocenters. The number of benzene rings is 6. The Bertz CT molecular complexity index is 2500. The lowest BCUT2D eigenvalue weighted by Gasteiger charge is -2.14. The number of hydrogen-bond acceptors (Lipinski definition) is 3. The van der Waals surface area contributed by atoms with E-state index < -0.39 is 0 Å². The molecule has 0 bridgehead atoms. The third kappa shape index (κ3) is 4.36. The fourth-order valence-corrected chi connectivity index (χ4v) is 6.87. The van der Waals surface area contributed by atoms with Crippen LogP contribution in [-0.2, 0) is 0 Å². The topological polar surface area (TPSA) is 38.3 Å². The van der Waals surface area contributed by atoms with Crippen molar-refractivity contribution in [3.8, 4) is 33.4 Å². The SMILES string of the molecule is C1=c2oc3cccc(-c4ccc(-c5ccccc5)cc4)c3c2=C(Nc2cccc(-c3cccc4oc5ccccc5c34)c2)CC1. The van der Waals surface area contributed by atoms with Gasteiger partial charge in [-0.3, -0.25) is 0 Å². The minimum absolute atomic E-state index is 0.906. The Balaban J connectivity index is 1.16. The largest absolute Gasteiger partial charge is 0.456 e. The Morgan fingerprint density at radius 3 is 1.98 bits per heavy atom. The van der Waals surface area contributed by atoms with Crippen LogP contribution < -0.4 is 16.0 Å². The fraction of sp³-hybridized carbons (Fsp3) is 0.0476. The first kappa shape index (κ1) is 25.7. The first-order valence-electron chi connectivity index (χ1n) is 15.5. The van der Waals surface area contributed by atoms with Gasteiger partial charge < -0.3 is 14.2 Å². The second-order valence-corrected chi connectivity index (χ2v) is 11.7. The van der Waals surface area contributed by atoms with E-state index in [1.54, 1.807) is 0 Å². The zero-order valence-corrected chi connectivity index (χ0v) is 24.6. The summed E-state index contributed by atoms with van der Waals surface area (Å²) in [6, 6.07) is 49.0. The summed E-state index contributed by atoms with van der Waals surface area (Å²) in [5.74, 6) is 0. The van der Waals surface area contributed by atoms with Crippen molar-refractivity contribution in [2.24, 2.45) is 0 Å². The maximum Gasteiger partial charge on any atom is 0.136 e. The van der Waals surface area contributed by atoms with Gasteiger partial charge in [0.25, 0.3) is 0 Å². The molecule has 0 amide bonds. The summed E-state index contributed by atoms with van der Waals surface area (Å²) in [7, 11) is 0. The second kappa shape index (κ2) is 10.4. The van der Waals surface area contributed by atoms with Crippen LogP contribution in [0.15, 0.2) is 148 Å². The number of anilines is 1. The molecule has 3 heteroatoms. The Morgan fingerprint density at radius 2 is 1.13 bits per heavy atom. The quantitative estimate of drug-likeness (QED) is 0.220. The molecule has 1 aliphatic carbocycles. The van der Waals surface area contributed by atoms with Crippen molar-refractivity contribution >= 4 is 50.4 Å². The lowest BCUT2D eigenvalue weighted by molar-refractivity contribution is 0.571. The molecule has 1 N–H and O–H groups in total. The lowest BCUT2D eigenvalue weighted by Crippen LogP contribution is -2.29. The molecule has 2 aromatic heterocycles. The van der Waals surface area contributed by atoms with Gasteiger partial charge in [-0.15, -0.1) is 0 Å². The molecule has 45 heavy (non-hydrogen) atoms. The first-order valence-corrected chi connectivity index (χ1v) is 15.5. The van der Waals surface area contributed by atoms with Crippen LogP contribution in [0, 0.1) is 0 Å². The number of para-hydroxylation sites is 1. The van der Waals surface area contributed by atoms with Gasteiger partial charge in [0.15, 0.2) is 0 Å². The summed E-state index contributed by atoms with van der Waals surface area (Å²) in [5, 5.41) is 8.43. The smallest absolute Gasteiger partial charge is 0.136 e. The van der Waals surface area contributed by atoms with Crippen LogP contribution in [-0.4, -0.2) is 0 Å². The molecule has 0 aliphatic heterocycles. The normalized spacial score (nSPS) is 12.8. The van der Waals surface area contributed by atoms with E-state index in [0.717, 1.165) is 67.6 Å². The van der Waals surface area contributed by atoms with Gasteiger partial charge in [0, 0.05) is 32.8 Å². The van der Waals surface area contributed by atoms with Crippen molar-refractivity contribution in [2.75, 3.05) is 5.32 Å². The summed E-state index contributed by atoms with van der Waals surface area (Å²) in [4.78, 5) is 0. The monoisotopic (exact) mass is 579 g/mol. The van der Waals surface area contributed by atoms with Gasteiger partial charge in [-0.25, -0.2) is 0 Å². The van der Waals surface area contributed by atoms with Crippen molar-refractivity contribution in [3.05, 3.63) is 150 Å². The van der Waals surface area contributed by atoms with Crippen LogP contribution in [0.25, 0.3) is 78.1 Å². The Labute approximate surface area is 260 Å². The maximum absolute atomic E-state index is 6.46. The van der Waals surface area contributed by atoms with Crippen molar-refractivity contribution in [3.63, 3.8) is 0 Å². The van der Waals surface area contributed by atoms with E-state index in [-0.39, 0.29) is 0 Å². The van der Waals surface area contributed by atoms with Gasteiger partial charge >= 0.3 is 0 Å². The van der Waals surface area contributed by atoms with Crippen molar-refractivity contribution < 1.29 is 8.83 Å². The van der Waals surface area contributed by atoms with E-state index in [1.165, 1.54) is 33.5 Å². The van der Waals surface area contributed by atoms with Gasteiger partial charge in [0.2, 0.25) is 0 Å². The molecule has 9 rings (SSSR count). The minimum atomic E-state index is 0.906. The van der Waals surface area contributed by atoms with Crippen LogP contribution in [0.2, 0.25) is 0 Å². The predicted molar refractivity (Wildman–Crippen MR) is 186 cm³/mol. The highest BCUT2D eigenvalue weighted by Gasteiger charge is 2.17. The molecule has 1 aliphatic rings. The Morgan fingerprint density at radius 1 is 0.489 bits per heavy atom. The molecule has 214 valence electrons. The molecule has 0 unspecified atom stereocenters. The summed E-state index contributed by atoms with van der Waals surface area (Å²) < 4.78 is 12.6. The molecule has 0 fully saturated rings. The molecular weight excluding hydrogens is 550 g/mol. The molecule has 0 spiro atoms. The van der Waals surface area contributed by atoms with Gasteiger partial charge in [0.05, 0.1) is 0 Å². The summed E-state index contributed by atoms with van der Waals surface area (Å²) in [6.45, 7) is 0. The van der Waals surface area contributed by atoms with Crippen molar-refractivity contribution in [2.45, 2.75) is 12.8 Å². The molecule has 2 heterocycles. The average Bonchev–Trinajstić information content (AvgIpc) is 3.68. The molecule has 6 aromatic carbocycles. The van der Waals surface area contributed by atoms with E-state index in [2.05, 4.69) is 133 Å². The first-order chi connectivity index (χ1) is 22.3. The molecular formula is C42H29NO2. The lowest BCUT2D eigenvalue weighted by atomic mass is 9.96. The highest BCUT2D eigenvalue weighted by atomic mass is 16.3. The highest BCUT2D eigenvalue weighted by Crippen LogP contribution is 2.37. The van der Waals surface area contributed by atoms with E-state index in [1.807, 2.05) is 18.2 Å². The molecule has 0 saturated heterocycles. The molecule has 3 nitrogen and oxygen atoms in total. The summed E-state index contributed by atoms with van der Waals surface area (Å²) >= 11 is 0. The van der Waals surface area contributed by atoms with Gasteiger partial charge in [-0.1, -0.05) is 109 Å². The average molecular weight is 580 g/mol. The summed E-state index contributed by atoms with van der Waals surface area (Å²) in [6.07, 6.45) is 4.06. The van der Waals surface area contributed by atoms with E-state index >= 15 is 0 Å². The Kier molecular flexibility index (Phi) is 5.95. The molecule has 0 saturated carbocycles. The van der Waals surface area contributed by atoms with Gasteiger partial charge in [-0.05, 0) is 82.6 Å². The van der Waals surface area contributed by atoms with Crippen molar-refractivity contribution in [1.29, 1.82) is 0 Å². The number of hydrogen-bond donors (Lipinski definition) is 1. The van der Waals surface area contributed by atoms with Gasteiger partial charge in [0.1, 0.15) is 22.2 Å². The second-order valence-electron chi connectivity index (χ2n) is 11.7. The standard InChI is InChI=1S/C42H29NO2/c1-2-10-27(11-3-1)28-22-24-29(25-23-28)32-15-7-20-38-41(32)42-35(17-9-21-39(42)45-38)43-31-13-6-12-30(26-31)33-16-8-19-37-40(33)34-14-4-5-18-36(34)44-37/h1-8,10-16,18-26,43H,9,17H2. The van der Waals surface area contributed by atoms with Crippen LogP contribution in [0.3, 0.4) is 0 Å². The highest BCUT2D eigenvalue weighted by molar-refractivity contribution is 6.12. The van der Waals surface area contributed by atoms with Crippen LogP contribution in [0.4, 0.5) is 5.69 Å². The number of nitrogens with one attached hydrogen (secondary N) is 1. The maximum atomic E-state index is 6.46. The van der Waals surface area contributed by atoms with Gasteiger partial charge in [-0.2, -0.15) is 0 Å². The number of rotatable bonds is 5. The van der Waals surface area contributed by atoms with E-state index in [4.69, 9.17) is 8.83 Å². The van der Waals surface area contributed by atoms with Crippen LogP contribution >= 0.6 is 0 Å². The van der Waals surface area contributed by atoms with E-state index in [9.17, 15) is 0 Å². The third-order valence-electron chi connectivity index (χ3n) is 8.94. The molecule has 0 radical (unpaired) electrons. The van der Waals surface area contributed by atoms with Crippen LogP contribution in [0.1, 0.15) is 12.8 Å².